The number of carboxylic acids is 1. The van der Waals surface area contributed by atoms with Gasteiger partial charge >= 0.3 is 18.1 Å². The van der Waals surface area contributed by atoms with Crippen molar-refractivity contribution in [3.8, 4) is 5.75 Å². The van der Waals surface area contributed by atoms with Gasteiger partial charge in [-0.1, -0.05) is 35.9 Å². The van der Waals surface area contributed by atoms with Crippen LogP contribution in [0.4, 0.5) is 13.2 Å². The Kier molecular flexibility index (Phi) is 12.4. The third kappa shape index (κ3) is 11.9. The second kappa shape index (κ2) is 14.4. The number of esters is 1. The number of aliphatic hydroxyl groups excluding tert-OH is 1. The molecule has 0 spiro atoms. The topological polar surface area (TPSA) is 105 Å². The van der Waals surface area contributed by atoms with Gasteiger partial charge in [0.1, 0.15) is 5.75 Å². The smallest absolute Gasteiger partial charge is 0.482 e. The Labute approximate surface area is 200 Å². The molecular weight excluding hydrogens is 479 g/mol. The lowest BCUT2D eigenvalue weighted by molar-refractivity contribution is -0.192. The average molecular weight is 506 g/mol. The second-order valence-electron chi connectivity index (χ2n) is 7.12. The lowest BCUT2D eigenvalue weighted by Gasteiger charge is -2.18. The van der Waals surface area contributed by atoms with Crippen molar-refractivity contribution < 1.29 is 42.4 Å². The summed E-state index contributed by atoms with van der Waals surface area (Å²) in [6.07, 6.45) is -4.88. The maximum atomic E-state index is 11.3. The zero-order valence-electron chi connectivity index (χ0n) is 18.6. The molecule has 2 rings (SSSR count). The van der Waals surface area contributed by atoms with E-state index in [9.17, 15) is 23.1 Å². The monoisotopic (exact) mass is 505 g/mol. The summed E-state index contributed by atoms with van der Waals surface area (Å²) >= 11 is 5.96. The van der Waals surface area contributed by atoms with E-state index < -0.39 is 18.2 Å². The van der Waals surface area contributed by atoms with Crippen molar-refractivity contribution >= 4 is 23.5 Å². The standard InChI is InChI=1S/C21H26ClNO4.C2HF3O2/c1-3-26-21(25)14-27-19-9-7-16(8-10-19)11-15(2)23-13-20(24)17-5-4-6-18(22)12-17;3-2(4,5)1(6)7/h4-10,12,15,20,23-24H,3,11,13-14H2,1-2H3;(H,6,7). The highest BCUT2D eigenvalue weighted by Crippen LogP contribution is 2.18. The molecule has 0 bridgehead atoms. The van der Waals surface area contributed by atoms with Crippen LogP contribution in [0.3, 0.4) is 0 Å². The number of nitrogens with one attached hydrogen (secondary N) is 1. The van der Waals surface area contributed by atoms with Crippen molar-refractivity contribution in [2.45, 2.75) is 38.6 Å². The molecule has 2 aromatic carbocycles. The molecule has 0 fully saturated rings. The number of carbonyl (C=O) groups is 2. The van der Waals surface area contributed by atoms with Gasteiger partial charge in [-0.05, 0) is 55.7 Å². The number of benzene rings is 2. The van der Waals surface area contributed by atoms with E-state index in [1.54, 1.807) is 19.1 Å². The van der Waals surface area contributed by atoms with Gasteiger partial charge in [0.05, 0.1) is 12.7 Å². The third-order valence-corrected chi connectivity index (χ3v) is 4.50. The molecule has 0 aliphatic heterocycles. The Hall–Kier alpha value is -2.82. The molecule has 0 heterocycles. The Morgan fingerprint density at radius 3 is 2.29 bits per heavy atom. The molecule has 0 amide bonds. The molecular formula is C23H27ClF3NO6. The first-order chi connectivity index (χ1) is 15.9. The van der Waals surface area contributed by atoms with Gasteiger partial charge in [-0.25, -0.2) is 9.59 Å². The molecule has 0 aromatic heterocycles. The predicted octanol–water partition coefficient (Wildman–Crippen LogP) is 4.17. The van der Waals surface area contributed by atoms with Gasteiger partial charge in [0.25, 0.3) is 0 Å². The first-order valence-corrected chi connectivity index (χ1v) is 10.6. The van der Waals surface area contributed by atoms with Crippen LogP contribution in [0.5, 0.6) is 5.75 Å². The van der Waals surface area contributed by atoms with Gasteiger partial charge in [0, 0.05) is 17.6 Å². The molecule has 0 aliphatic carbocycles. The second-order valence-corrected chi connectivity index (χ2v) is 7.56. The number of ether oxygens (including phenoxy) is 2. The lowest BCUT2D eigenvalue weighted by atomic mass is 10.1. The van der Waals surface area contributed by atoms with Crippen molar-refractivity contribution in [3.63, 3.8) is 0 Å². The predicted molar refractivity (Wildman–Crippen MR) is 120 cm³/mol. The Bertz CT molecular complexity index is 908. The first-order valence-electron chi connectivity index (χ1n) is 10.3. The molecule has 188 valence electrons. The molecule has 0 saturated heterocycles. The third-order valence-electron chi connectivity index (χ3n) is 4.26. The largest absolute Gasteiger partial charge is 0.490 e. The molecule has 34 heavy (non-hydrogen) atoms. The van der Waals surface area contributed by atoms with Gasteiger partial charge in [0.2, 0.25) is 0 Å². The summed E-state index contributed by atoms with van der Waals surface area (Å²) < 4.78 is 41.9. The summed E-state index contributed by atoms with van der Waals surface area (Å²) in [7, 11) is 0. The van der Waals surface area contributed by atoms with E-state index in [2.05, 4.69) is 12.2 Å². The first kappa shape index (κ1) is 29.2. The summed E-state index contributed by atoms with van der Waals surface area (Å²) in [5.74, 6) is -2.51. The van der Waals surface area contributed by atoms with E-state index in [1.165, 1.54) is 0 Å². The van der Waals surface area contributed by atoms with Crippen molar-refractivity contribution in [1.29, 1.82) is 0 Å². The van der Waals surface area contributed by atoms with Crippen LogP contribution < -0.4 is 10.1 Å². The molecule has 0 radical (unpaired) electrons. The summed E-state index contributed by atoms with van der Waals surface area (Å²) in [5.41, 5.74) is 1.93. The van der Waals surface area contributed by atoms with Gasteiger partial charge in [-0.15, -0.1) is 0 Å². The zero-order valence-corrected chi connectivity index (χ0v) is 19.4. The normalized spacial score (nSPS) is 12.7. The molecule has 3 N–H and O–H groups in total. The lowest BCUT2D eigenvalue weighted by Crippen LogP contribution is -2.32. The highest BCUT2D eigenvalue weighted by Gasteiger charge is 2.38. The molecule has 0 saturated carbocycles. The summed E-state index contributed by atoms with van der Waals surface area (Å²) in [4.78, 5) is 20.2. The minimum atomic E-state index is -5.08. The van der Waals surface area contributed by atoms with Crippen LogP contribution in [0.2, 0.25) is 5.02 Å². The van der Waals surface area contributed by atoms with Crippen LogP contribution >= 0.6 is 11.6 Å². The van der Waals surface area contributed by atoms with Crippen molar-refractivity contribution in [2.24, 2.45) is 0 Å². The number of aliphatic hydroxyl groups is 1. The summed E-state index contributed by atoms with van der Waals surface area (Å²) in [6, 6.07) is 15.0. The van der Waals surface area contributed by atoms with Gasteiger partial charge in [0.15, 0.2) is 6.61 Å². The fourth-order valence-corrected chi connectivity index (χ4v) is 2.84. The highest BCUT2D eigenvalue weighted by atomic mass is 35.5. The van der Waals surface area contributed by atoms with E-state index in [4.69, 9.17) is 31.0 Å². The number of aliphatic carboxylic acids is 1. The van der Waals surface area contributed by atoms with Gasteiger partial charge in [-0.3, -0.25) is 0 Å². The fraction of sp³-hybridized carbons (Fsp3) is 0.391. The molecule has 7 nitrogen and oxygen atoms in total. The fourth-order valence-electron chi connectivity index (χ4n) is 2.64. The SMILES string of the molecule is CCOC(=O)COc1ccc(CC(C)NCC(O)c2cccc(Cl)c2)cc1.O=C(O)C(F)(F)F. The van der Waals surface area contributed by atoms with Gasteiger partial charge in [-0.2, -0.15) is 13.2 Å². The van der Waals surface area contributed by atoms with E-state index in [0.717, 1.165) is 17.5 Å². The van der Waals surface area contributed by atoms with Crippen LogP contribution in [0.15, 0.2) is 48.5 Å². The summed E-state index contributed by atoms with van der Waals surface area (Å²) in [5, 5.41) is 21.3. The molecule has 0 aliphatic rings. The van der Waals surface area contributed by atoms with Crippen LogP contribution in [0, 0.1) is 0 Å². The van der Waals surface area contributed by atoms with Crippen LogP contribution in [-0.4, -0.2) is 54.1 Å². The highest BCUT2D eigenvalue weighted by molar-refractivity contribution is 6.30. The van der Waals surface area contributed by atoms with Crippen LogP contribution in [-0.2, 0) is 20.7 Å². The number of hydrogen-bond acceptors (Lipinski definition) is 6. The maximum Gasteiger partial charge on any atom is 0.490 e. The number of hydrogen-bond donors (Lipinski definition) is 3. The van der Waals surface area contributed by atoms with Crippen LogP contribution in [0.25, 0.3) is 0 Å². The number of halogens is 4. The Morgan fingerprint density at radius 1 is 1.15 bits per heavy atom. The van der Waals surface area contributed by atoms with Crippen molar-refractivity contribution in [2.75, 3.05) is 19.8 Å². The number of carboxylic acid groups (broad SMARTS) is 1. The van der Waals surface area contributed by atoms with E-state index >= 15 is 0 Å². The molecule has 2 atom stereocenters. The number of rotatable bonds is 10. The van der Waals surface area contributed by atoms with E-state index in [1.807, 2.05) is 36.4 Å². The van der Waals surface area contributed by atoms with Gasteiger partial charge < -0.3 is 25.0 Å². The van der Waals surface area contributed by atoms with Crippen LogP contribution in [0.1, 0.15) is 31.1 Å². The Morgan fingerprint density at radius 2 is 1.76 bits per heavy atom. The van der Waals surface area contributed by atoms with Crippen molar-refractivity contribution in [3.05, 3.63) is 64.7 Å². The number of alkyl halides is 3. The summed E-state index contributed by atoms with van der Waals surface area (Å²) in [6.45, 7) is 4.53. The zero-order chi connectivity index (χ0) is 25.7. The van der Waals surface area contributed by atoms with E-state index in [0.29, 0.717) is 23.9 Å². The minimum Gasteiger partial charge on any atom is -0.482 e. The maximum absolute atomic E-state index is 11.3. The molecule has 11 heteroatoms. The van der Waals surface area contributed by atoms with E-state index in [-0.39, 0.29) is 18.6 Å². The molecule has 2 aromatic rings. The number of carbonyl (C=O) groups excluding carboxylic acids is 1. The van der Waals surface area contributed by atoms with Crippen molar-refractivity contribution in [1.82, 2.24) is 5.32 Å². The molecule has 2 unspecified atom stereocenters. The minimum absolute atomic E-state index is 0.0907. The average Bonchev–Trinajstić information content (AvgIpc) is 2.77. The Balaban J connectivity index is 0.000000718. The quantitative estimate of drug-likeness (QED) is 0.416.